The zero-order valence-corrected chi connectivity index (χ0v) is 13.6. The van der Waals surface area contributed by atoms with Gasteiger partial charge < -0.3 is 9.57 Å². The largest absolute Gasteiger partial charge is 0.460 e. The molecule has 130 valence electrons. The Bertz CT molecular complexity index is 772. The van der Waals surface area contributed by atoms with E-state index in [0.717, 1.165) is 5.56 Å². The van der Waals surface area contributed by atoms with Crippen LogP contribution in [0.1, 0.15) is 24.1 Å². The molecule has 0 saturated heterocycles. The summed E-state index contributed by atoms with van der Waals surface area (Å²) in [6, 6.07) is 12.1. The zero-order chi connectivity index (χ0) is 17.8. The van der Waals surface area contributed by atoms with Gasteiger partial charge in [0.15, 0.2) is 0 Å². The molecule has 4 nitrogen and oxygen atoms in total. The second kappa shape index (κ2) is 7.44. The molecule has 3 rings (SSSR count). The number of esters is 1. The van der Waals surface area contributed by atoms with Crippen molar-refractivity contribution in [3.05, 3.63) is 83.1 Å². The van der Waals surface area contributed by atoms with Crippen molar-refractivity contribution in [2.24, 2.45) is 0 Å². The van der Waals surface area contributed by atoms with Crippen LogP contribution < -0.4 is 0 Å². The highest BCUT2D eigenvalue weighted by Crippen LogP contribution is 2.35. The number of nitrogens with zero attached hydrogens (tertiary/aromatic N) is 1. The highest BCUT2D eigenvalue weighted by molar-refractivity contribution is 5.86. The van der Waals surface area contributed by atoms with Gasteiger partial charge in [0.25, 0.3) is 0 Å². The van der Waals surface area contributed by atoms with Crippen molar-refractivity contribution in [2.45, 2.75) is 19.5 Å². The first-order valence-electron chi connectivity index (χ1n) is 7.91. The minimum atomic E-state index is -0.874. The lowest BCUT2D eigenvalue weighted by atomic mass is 10.0. The number of halogens is 2. The van der Waals surface area contributed by atoms with E-state index in [4.69, 9.17) is 9.57 Å². The third-order valence-electron chi connectivity index (χ3n) is 3.79. The number of carbonyl (C=O) groups excluding carboxylic acids is 1. The lowest BCUT2D eigenvalue weighted by Crippen LogP contribution is -2.25. The van der Waals surface area contributed by atoms with Crippen LogP contribution in [0.3, 0.4) is 0 Å². The van der Waals surface area contributed by atoms with E-state index in [0.29, 0.717) is 0 Å². The van der Waals surface area contributed by atoms with E-state index in [1.165, 1.54) is 29.3 Å². The summed E-state index contributed by atoms with van der Waals surface area (Å²) in [7, 11) is 0. The van der Waals surface area contributed by atoms with Crippen molar-refractivity contribution >= 4 is 5.97 Å². The van der Waals surface area contributed by atoms with Crippen molar-refractivity contribution < 1.29 is 23.1 Å². The molecule has 0 amide bonds. The second-order valence-electron chi connectivity index (χ2n) is 5.48. The van der Waals surface area contributed by atoms with Crippen LogP contribution in [0.2, 0.25) is 0 Å². The van der Waals surface area contributed by atoms with Crippen molar-refractivity contribution in [1.29, 1.82) is 0 Å². The fraction of sp³-hybridized carbons (Fsp3) is 0.211. The van der Waals surface area contributed by atoms with Crippen molar-refractivity contribution in [2.75, 3.05) is 6.61 Å². The van der Waals surface area contributed by atoms with Gasteiger partial charge in [-0.15, -0.1) is 5.06 Å². The lowest BCUT2D eigenvalue weighted by Gasteiger charge is -2.23. The zero-order valence-electron chi connectivity index (χ0n) is 13.6. The summed E-state index contributed by atoms with van der Waals surface area (Å²) in [5.41, 5.74) is 0.709. The minimum Gasteiger partial charge on any atom is -0.460 e. The van der Waals surface area contributed by atoms with Gasteiger partial charge in [-0.1, -0.05) is 36.4 Å². The van der Waals surface area contributed by atoms with Gasteiger partial charge in [0.1, 0.15) is 11.6 Å². The topological polar surface area (TPSA) is 38.8 Å². The third kappa shape index (κ3) is 3.69. The molecule has 1 heterocycles. The van der Waals surface area contributed by atoms with Gasteiger partial charge in [0.05, 0.1) is 19.2 Å². The Hall–Kier alpha value is -2.73. The second-order valence-corrected chi connectivity index (χ2v) is 5.48. The van der Waals surface area contributed by atoms with Gasteiger partial charge >= 0.3 is 5.97 Å². The summed E-state index contributed by atoms with van der Waals surface area (Å²) >= 11 is 0. The van der Waals surface area contributed by atoms with Gasteiger partial charge in [-0.3, -0.25) is 0 Å². The first-order valence-corrected chi connectivity index (χ1v) is 7.91. The number of hydrogen-bond donors (Lipinski definition) is 0. The molecule has 25 heavy (non-hydrogen) atoms. The van der Waals surface area contributed by atoms with E-state index < -0.39 is 23.6 Å². The highest BCUT2D eigenvalue weighted by Gasteiger charge is 2.35. The van der Waals surface area contributed by atoms with Gasteiger partial charge in [0, 0.05) is 5.56 Å². The molecule has 1 aliphatic rings. The Morgan fingerprint density at radius 3 is 2.44 bits per heavy atom. The van der Waals surface area contributed by atoms with Gasteiger partial charge in [0.2, 0.25) is 5.76 Å². The Morgan fingerprint density at radius 2 is 1.80 bits per heavy atom. The first-order chi connectivity index (χ1) is 12.1. The van der Waals surface area contributed by atoms with E-state index in [2.05, 4.69) is 0 Å². The molecule has 1 aliphatic heterocycles. The van der Waals surface area contributed by atoms with Crippen LogP contribution >= 0.6 is 0 Å². The van der Waals surface area contributed by atoms with Gasteiger partial charge in [-0.2, -0.15) is 0 Å². The average Bonchev–Trinajstić information content (AvgIpc) is 3.00. The Morgan fingerprint density at radius 1 is 1.12 bits per heavy atom. The number of hydroxylamine groups is 2. The molecule has 0 fully saturated rings. The van der Waals surface area contributed by atoms with Crippen LogP contribution in [0, 0.1) is 11.6 Å². The van der Waals surface area contributed by atoms with E-state index in [1.54, 1.807) is 6.92 Å². The Kier molecular flexibility index (Phi) is 5.09. The fourth-order valence-corrected chi connectivity index (χ4v) is 2.66. The summed E-state index contributed by atoms with van der Waals surface area (Å²) in [5.74, 6) is -2.15. The summed E-state index contributed by atoms with van der Waals surface area (Å²) in [6.07, 6.45) is 1.38. The fourth-order valence-electron chi connectivity index (χ4n) is 2.66. The summed E-state index contributed by atoms with van der Waals surface area (Å²) in [6.45, 7) is 2.10. The van der Waals surface area contributed by atoms with Crippen LogP contribution in [0.4, 0.5) is 8.78 Å². The molecule has 0 bridgehead atoms. The van der Waals surface area contributed by atoms with E-state index in [1.807, 2.05) is 30.3 Å². The maximum atomic E-state index is 14.2. The van der Waals surface area contributed by atoms with Crippen molar-refractivity contribution in [1.82, 2.24) is 5.06 Å². The average molecular weight is 345 g/mol. The third-order valence-corrected chi connectivity index (χ3v) is 3.79. The monoisotopic (exact) mass is 345 g/mol. The molecule has 0 N–H and O–H groups in total. The van der Waals surface area contributed by atoms with Crippen LogP contribution in [-0.2, 0) is 20.9 Å². The Labute approximate surface area is 144 Å². The molecule has 1 atom stereocenters. The lowest BCUT2D eigenvalue weighted by molar-refractivity contribution is -0.162. The number of rotatable bonds is 5. The normalized spacial score (nSPS) is 17.1. The standard InChI is InChI=1S/C19H17F2NO3/c1-2-24-19(23)17-11-16(18-14(20)9-6-10-15(18)21)22(25-17)12-13-7-4-3-5-8-13/h3-11,16H,2,12H2,1H3/t16-/m0/s1. The molecule has 2 aromatic rings. The number of hydrogen-bond acceptors (Lipinski definition) is 4. The van der Waals surface area contributed by atoms with Crippen LogP contribution in [-0.4, -0.2) is 17.6 Å². The van der Waals surface area contributed by atoms with Crippen LogP contribution in [0.15, 0.2) is 60.4 Å². The molecule has 0 radical (unpaired) electrons. The van der Waals surface area contributed by atoms with Crippen LogP contribution in [0.5, 0.6) is 0 Å². The highest BCUT2D eigenvalue weighted by atomic mass is 19.1. The number of benzene rings is 2. The molecular formula is C19H17F2NO3. The maximum Gasteiger partial charge on any atom is 0.375 e. The summed E-state index contributed by atoms with van der Waals surface area (Å²) in [5, 5.41) is 1.36. The quantitative estimate of drug-likeness (QED) is 0.771. The summed E-state index contributed by atoms with van der Waals surface area (Å²) < 4.78 is 33.4. The smallest absolute Gasteiger partial charge is 0.375 e. The summed E-state index contributed by atoms with van der Waals surface area (Å²) in [4.78, 5) is 17.5. The van der Waals surface area contributed by atoms with E-state index in [9.17, 15) is 13.6 Å². The SMILES string of the molecule is CCOC(=O)C1=C[C@@H](c2c(F)cccc2F)N(Cc2ccccc2)O1. The Balaban J connectivity index is 1.95. The molecule has 0 aliphatic carbocycles. The number of ether oxygens (including phenoxy) is 1. The number of carbonyl (C=O) groups is 1. The maximum absolute atomic E-state index is 14.2. The van der Waals surface area contributed by atoms with E-state index >= 15 is 0 Å². The molecule has 2 aromatic carbocycles. The minimum absolute atomic E-state index is 0.0783. The van der Waals surface area contributed by atoms with Gasteiger partial charge in [-0.05, 0) is 30.7 Å². The predicted octanol–water partition coefficient (Wildman–Crippen LogP) is 3.90. The van der Waals surface area contributed by atoms with E-state index in [-0.39, 0.29) is 24.5 Å². The molecule has 0 unspecified atom stereocenters. The molecule has 0 saturated carbocycles. The molecule has 0 spiro atoms. The first kappa shape index (κ1) is 17.1. The van der Waals surface area contributed by atoms with Crippen molar-refractivity contribution in [3.8, 4) is 0 Å². The van der Waals surface area contributed by atoms with Gasteiger partial charge in [-0.25, -0.2) is 13.6 Å². The molecule has 0 aromatic heterocycles. The van der Waals surface area contributed by atoms with Crippen molar-refractivity contribution in [3.63, 3.8) is 0 Å². The predicted molar refractivity (Wildman–Crippen MR) is 86.9 cm³/mol. The molecule has 6 heteroatoms. The molecular weight excluding hydrogens is 328 g/mol. The van der Waals surface area contributed by atoms with Crippen LogP contribution in [0.25, 0.3) is 0 Å².